The third kappa shape index (κ3) is 4.96. The van der Waals surface area contributed by atoms with E-state index in [1.54, 1.807) is 55.5 Å². The molecule has 2 heterocycles. The number of fused-ring (bicyclic) bond motifs is 1. The van der Waals surface area contributed by atoms with Crippen molar-refractivity contribution in [2.24, 2.45) is 7.05 Å². The lowest BCUT2D eigenvalue weighted by Crippen LogP contribution is -2.34. The van der Waals surface area contributed by atoms with Gasteiger partial charge >= 0.3 is 5.97 Å². The number of aromatic nitrogens is 3. The molecule has 9 heteroatoms. The Hall–Kier alpha value is -5.18. The van der Waals surface area contributed by atoms with Crippen LogP contribution in [0, 0.1) is 6.92 Å². The van der Waals surface area contributed by atoms with Crippen molar-refractivity contribution in [1.82, 2.24) is 14.3 Å². The number of para-hydroxylation sites is 1. The summed E-state index contributed by atoms with van der Waals surface area (Å²) in [5.41, 5.74) is 2.26. The topological polar surface area (TPSA) is 115 Å². The van der Waals surface area contributed by atoms with E-state index in [-0.39, 0.29) is 29.1 Å². The molecule has 0 radical (unpaired) electrons. The molecule has 202 valence electrons. The Morgan fingerprint density at radius 3 is 2.25 bits per heavy atom. The number of pyridine rings is 1. The van der Waals surface area contributed by atoms with Gasteiger partial charge in [0.25, 0.3) is 17.0 Å². The zero-order valence-corrected chi connectivity index (χ0v) is 22.3. The molecule has 40 heavy (non-hydrogen) atoms. The maximum Gasteiger partial charge on any atom is 0.356 e. The third-order valence-electron chi connectivity index (χ3n) is 6.74. The first-order chi connectivity index (χ1) is 19.3. The van der Waals surface area contributed by atoms with Gasteiger partial charge in [0.2, 0.25) is 0 Å². The second kappa shape index (κ2) is 10.9. The van der Waals surface area contributed by atoms with Gasteiger partial charge in [-0.2, -0.15) is 0 Å². The van der Waals surface area contributed by atoms with Gasteiger partial charge in [0.05, 0.1) is 5.69 Å². The van der Waals surface area contributed by atoms with Gasteiger partial charge in [-0.25, -0.2) is 9.48 Å². The molecule has 1 amide bonds. The fourth-order valence-corrected chi connectivity index (χ4v) is 4.67. The number of amides is 1. The van der Waals surface area contributed by atoms with E-state index in [1.165, 1.54) is 22.4 Å². The van der Waals surface area contributed by atoms with Crippen molar-refractivity contribution in [3.8, 4) is 16.8 Å². The molecule has 5 rings (SSSR count). The number of carbonyl (C=O) groups is 2. The standard InChI is InChI=1S/C31H28N4O5/c1-4-24(29(37)32-25-18-26(36)35(33-25)21-10-6-5-7-11-21)40-31(39)28-27(20-16-14-19(2)15-17-20)22-12-8-9-13-23(22)30(38)34(28)3/h5-18,24,33H,4H2,1-3H3,(H,32,37). The lowest BCUT2D eigenvalue weighted by atomic mass is 9.96. The number of rotatable bonds is 7. The zero-order chi connectivity index (χ0) is 28.4. The Bertz CT molecular complexity index is 1830. The number of nitrogens with one attached hydrogen (secondary N) is 2. The first-order valence-electron chi connectivity index (χ1n) is 12.9. The van der Waals surface area contributed by atoms with E-state index in [2.05, 4.69) is 10.4 Å². The largest absolute Gasteiger partial charge is 0.448 e. The number of H-pyrrole nitrogens is 1. The molecule has 0 aliphatic heterocycles. The highest BCUT2D eigenvalue weighted by atomic mass is 16.5. The molecule has 1 atom stereocenters. The van der Waals surface area contributed by atoms with Crippen LogP contribution in [0.15, 0.2) is 94.5 Å². The van der Waals surface area contributed by atoms with Crippen molar-refractivity contribution in [1.29, 1.82) is 0 Å². The molecule has 3 aromatic carbocycles. The van der Waals surface area contributed by atoms with Crippen LogP contribution >= 0.6 is 0 Å². The van der Waals surface area contributed by atoms with Crippen LogP contribution in [0.1, 0.15) is 29.4 Å². The minimum atomic E-state index is -1.18. The SMILES string of the molecule is CCC(OC(=O)c1c(-c2ccc(C)cc2)c2ccccc2c(=O)n1C)C(=O)Nc1cc(=O)n(-c2ccccc2)[nH]1. The van der Waals surface area contributed by atoms with Crippen molar-refractivity contribution < 1.29 is 14.3 Å². The molecule has 1 unspecified atom stereocenters. The Labute approximate surface area is 229 Å². The third-order valence-corrected chi connectivity index (χ3v) is 6.74. The predicted molar refractivity (Wildman–Crippen MR) is 154 cm³/mol. The summed E-state index contributed by atoms with van der Waals surface area (Å²) in [5, 5.41) is 6.56. The van der Waals surface area contributed by atoms with E-state index in [4.69, 9.17) is 4.74 Å². The molecular weight excluding hydrogens is 508 g/mol. The van der Waals surface area contributed by atoms with E-state index in [9.17, 15) is 19.2 Å². The molecule has 2 N–H and O–H groups in total. The van der Waals surface area contributed by atoms with Gasteiger partial charge in [0, 0.05) is 24.1 Å². The normalized spacial score (nSPS) is 11.8. The number of nitrogens with zero attached hydrogens (tertiary/aromatic N) is 2. The van der Waals surface area contributed by atoms with Gasteiger partial charge < -0.3 is 14.6 Å². The number of aryl methyl sites for hydroxylation is 1. The number of carbonyl (C=O) groups excluding carboxylic acids is 2. The quantitative estimate of drug-likeness (QED) is 0.296. The monoisotopic (exact) mass is 536 g/mol. The Morgan fingerprint density at radius 1 is 0.925 bits per heavy atom. The molecule has 0 saturated heterocycles. The van der Waals surface area contributed by atoms with Crippen LogP contribution in [0.5, 0.6) is 0 Å². The van der Waals surface area contributed by atoms with Gasteiger partial charge in [-0.3, -0.25) is 19.5 Å². The van der Waals surface area contributed by atoms with Crippen molar-refractivity contribution in [2.45, 2.75) is 26.4 Å². The number of anilines is 1. The molecule has 0 aliphatic rings. The Kier molecular flexibility index (Phi) is 7.20. The average molecular weight is 537 g/mol. The smallest absolute Gasteiger partial charge is 0.356 e. The maximum atomic E-state index is 13.7. The highest BCUT2D eigenvalue weighted by molar-refractivity contribution is 6.07. The van der Waals surface area contributed by atoms with E-state index in [1.807, 2.05) is 37.3 Å². The Morgan fingerprint density at radius 2 is 1.57 bits per heavy atom. The highest BCUT2D eigenvalue weighted by Crippen LogP contribution is 2.31. The molecule has 2 aromatic heterocycles. The minimum absolute atomic E-state index is 0.0439. The highest BCUT2D eigenvalue weighted by Gasteiger charge is 2.28. The minimum Gasteiger partial charge on any atom is -0.448 e. The van der Waals surface area contributed by atoms with Gasteiger partial charge in [-0.05, 0) is 42.5 Å². The van der Waals surface area contributed by atoms with Gasteiger partial charge in [-0.15, -0.1) is 0 Å². The van der Waals surface area contributed by atoms with Crippen LogP contribution in [-0.2, 0) is 16.6 Å². The molecular formula is C31H28N4O5. The molecule has 0 bridgehead atoms. The van der Waals surface area contributed by atoms with Crippen LogP contribution in [0.25, 0.3) is 27.6 Å². The summed E-state index contributed by atoms with van der Waals surface area (Å²) in [6, 6.07) is 24.9. The summed E-state index contributed by atoms with van der Waals surface area (Å²) in [4.78, 5) is 52.5. The van der Waals surface area contributed by atoms with Gasteiger partial charge in [0.15, 0.2) is 6.10 Å². The summed E-state index contributed by atoms with van der Waals surface area (Å²) >= 11 is 0. The molecule has 5 aromatic rings. The molecule has 0 saturated carbocycles. The predicted octanol–water partition coefficient (Wildman–Crippen LogP) is 4.57. The van der Waals surface area contributed by atoms with Gasteiger partial charge in [-0.1, -0.05) is 73.2 Å². The van der Waals surface area contributed by atoms with Gasteiger partial charge in [0.1, 0.15) is 11.5 Å². The second-order valence-corrected chi connectivity index (χ2v) is 9.47. The first-order valence-corrected chi connectivity index (χ1v) is 12.9. The van der Waals surface area contributed by atoms with Crippen LogP contribution in [0.2, 0.25) is 0 Å². The number of esters is 1. The van der Waals surface area contributed by atoms with Crippen LogP contribution < -0.4 is 16.4 Å². The lowest BCUT2D eigenvalue weighted by molar-refractivity contribution is -0.124. The van der Waals surface area contributed by atoms with E-state index < -0.39 is 18.0 Å². The first kappa shape index (κ1) is 26.4. The second-order valence-electron chi connectivity index (χ2n) is 9.47. The summed E-state index contributed by atoms with van der Waals surface area (Å²) < 4.78 is 8.26. The number of hydrogen-bond acceptors (Lipinski definition) is 5. The number of hydrogen-bond donors (Lipinski definition) is 2. The molecule has 0 fully saturated rings. The summed E-state index contributed by atoms with van der Waals surface area (Å²) in [7, 11) is 1.51. The summed E-state index contributed by atoms with van der Waals surface area (Å²) in [6.45, 7) is 3.67. The van der Waals surface area contributed by atoms with E-state index in [0.29, 0.717) is 22.0 Å². The molecule has 0 spiro atoms. The molecule has 9 nitrogen and oxygen atoms in total. The number of ether oxygens (including phenoxy) is 1. The van der Waals surface area contributed by atoms with Crippen molar-refractivity contribution in [2.75, 3.05) is 5.32 Å². The number of benzene rings is 3. The fraction of sp³-hybridized carbons (Fsp3) is 0.161. The van der Waals surface area contributed by atoms with Crippen LogP contribution in [0.3, 0.4) is 0 Å². The van der Waals surface area contributed by atoms with Crippen molar-refractivity contribution in [3.63, 3.8) is 0 Å². The summed E-state index contributed by atoms with van der Waals surface area (Å²) in [5.74, 6) is -1.26. The van der Waals surface area contributed by atoms with E-state index in [0.717, 1.165) is 11.1 Å². The average Bonchev–Trinajstić information content (AvgIpc) is 3.33. The van der Waals surface area contributed by atoms with Crippen molar-refractivity contribution in [3.05, 3.63) is 117 Å². The van der Waals surface area contributed by atoms with Crippen LogP contribution in [0.4, 0.5) is 5.82 Å². The maximum absolute atomic E-state index is 13.7. The van der Waals surface area contributed by atoms with Crippen LogP contribution in [-0.4, -0.2) is 32.3 Å². The lowest BCUT2D eigenvalue weighted by Gasteiger charge is -2.20. The summed E-state index contributed by atoms with van der Waals surface area (Å²) in [6.07, 6.45) is -1.01. The van der Waals surface area contributed by atoms with Crippen molar-refractivity contribution >= 4 is 28.5 Å². The Balaban J connectivity index is 1.48. The molecule has 0 aliphatic carbocycles. The number of aromatic amines is 1. The fourth-order valence-electron chi connectivity index (χ4n) is 4.67. The zero-order valence-electron chi connectivity index (χ0n) is 22.3. The van der Waals surface area contributed by atoms with E-state index >= 15 is 0 Å².